The molecule has 3 aromatic carbocycles. The van der Waals surface area contributed by atoms with Crippen molar-refractivity contribution in [3.8, 4) is 0 Å². The van der Waals surface area contributed by atoms with Crippen molar-refractivity contribution in [2.45, 2.75) is 51.6 Å². The summed E-state index contributed by atoms with van der Waals surface area (Å²) in [5.41, 5.74) is 2.81. The van der Waals surface area contributed by atoms with Crippen molar-refractivity contribution in [3.05, 3.63) is 94.5 Å². The van der Waals surface area contributed by atoms with E-state index in [1.807, 2.05) is 39.0 Å². The van der Waals surface area contributed by atoms with E-state index in [-0.39, 0.29) is 17.3 Å². The molecule has 0 unspecified atom stereocenters. The van der Waals surface area contributed by atoms with Gasteiger partial charge in [0.15, 0.2) is 0 Å². The fraction of sp³-hybridized carbons (Fsp3) is 0.310. The van der Waals surface area contributed by atoms with E-state index in [4.69, 9.17) is 11.6 Å². The number of hydrogen-bond donors (Lipinski definition) is 1. The van der Waals surface area contributed by atoms with E-state index in [1.54, 1.807) is 49.4 Å². The highest BCUT2D eigenvalue weighted by molar-refractivity contribution is 7.92. The molecule has 0 aliphatic rings. The molecule has 0 spiro atoms. The van der Waals surface area contributed by atoms with Gasteiger partial charge in [-0.3, -0.25) is 13.9 Å². The molecular weight excluding hydrogens is 522 g/mol. The molecule has 38 heavy (non-hydrogen) atoms. The third-order valence-electron chi connectivity index (χ3n) is 6.19. The van der Waals surface area contributed by atoms with E-state index in [9.17, 15) is 18.0 Å². The second kappa shape index (κ2) is 12.9. The zero-order valence-corrected chi connectivity index (χ0v) is 23.7. The Hall–Kier alpha value is -3.36. The average Bonchev–Trinajstić information content (AvgIpc) is 2.89. The van der Waals surface area contributed by atoms with Gasteiger partial charge in [0.25, 0.3) is 10.0 Å². The Morgan fingerprint density at radius 1 is 0.974 bits per heavy atom. The highest BCUT2D eigenvalue weighted by Gasteiger charge is 2.33. The highest BCUT2D eigenvalue weighted by atomic mass is 35.5. The van der Waals surface area contributed by atoms with Crippen molar-refractivity contribution in [2.24, 2.45) is 0 Å². The molecule has 0 radical (unpaired) electrons. The predicted molar refractivity (Wildman–Crippen MR) is 152 cm³/mol. The largest absolute Gasteiger partial charge is 0.354 e. The van der Waals surface area contributed by atoms with Crippen LogP contribution in [0.3, 0.4) is 0 Å². The molecule has 7 nitrogen and oxygen atoms in total. The number of nitrogens with one attached hydrogen (secondary N) is 1. The van der Waals surface area contributed by atoms with Gasteiger partial charge in [-0.1, -0.05) is 66.6 Å². The number of carbonyl (C=O) groups excluding carboxylic acids is 2. The Bertz CT molecular complexity index is 1380. The maximum Gasteiger partial charge on any atom is 0.264 e. The van der Waals surface area contributed by atoms with Gasteiger partial charge in [-0.2, -0.15) is 0 Å². The predicted octanol–water partition coefficient (Wildman–Crippen LogP) is 5.10. The van der Waals surface area contributed by atoms with Crippen LogP contribution in [-0.2, 0) is 26.2 Å². The van der Waals surface area contributed by atoms with Gasteiger partial charge in [0.1, 0.15) is 12.6 Å². The Kier molecular flexibility index (Phi) is 9.94. The number of halogens is 1. The smallest absolute Gasteiger partial charge is 0.264 e. The first kappa shape index (κ1) is 29.2. The van der Waals surface area contributed by atoms with Crippen molar-refractivity contribution in [2.75, 3.05) is 17.4 Å². The zero-order valence-electron chi connectivity index (χ0n) is 22.1. The first-order valence-electron chi connectivity index (χ1n) is 12.5. The molecule has 0 saturated carbocycles. The van der Waals surface area contributed by atoms with Gasteiger partial charge in [0.2, 0.25) is 11.8 Å². The summed E-state index contributed by atoms with van der Waals surface area (Å²) < 4.78 is 28.8. The van der Waals surface area contributed by atoms with Gasteiger partial charge in [0.05, 0.1) is 10.6 Å². The minimum atomic E-state index is -4.09. The molecular formula is C29H34ClN3O4S. The molecule has 0 aliphatic carbocycles. The second-order valence-electron chi connectivity index (χ2n) is 9.23. The van der Waals surface area contributed by atoms with Crippen LogP contribution in [0.25, 0.3) is 0 Å². The molecule has 1 N–H and O–H groups in total. The number of anilines is 1. The van der Waals surface area contributed by atoms with Crippen molar-refractivity contribution in [1.82, 2.24) is 10.2 Å². The summed E-state index contributed by atoms with van der Waals surface area (Å²) in [4.78, 5) is 28.3. The van der Waals surface area contributed by atoms with E-state index in [2.05, 4.69) is 5.32 Å². The Morgan fingerprint density at radius 2 is 1.68 bits per heavy atom. The molecule has 0 heterocycles. The lowest BCUT2D eigenvalue weighted by Crippen LogP contribution is -2.51. The van der Waals surface area contributed by atoms with Crippen LogP contribution in [0.5, 0.6) is 0 Å². The van der Waals surface area contributed by atoms with Gasteiger partial charge >= 0.3 is 0 Å². The SMILES string of the molecule is CCCNC(=O)[C@H](C)N(Cc1cccc(Cl)c1)C(=O)CN(c1ccc(C)cc1C)S(=O)(=O)c1ccccc1. The quantitative estimate of drug-likeness (QED) is 0.357. The molecule has 1 atom stereocenters. The molecule has 202 valence electrons. The number of sulfonamides is 1. The topological polar surface area (TPSA) is 86.8 Å². The monoisotopic (exact) mass is 555 g/mol. The summed E-state index contributed by atoms with van der Waals surface area (Å²) in [6.45, 7) is 7.39. The van der Waals surface area contributed by atoms with Crippen LogP contribution in [0.2, 0.25) is 5.02 Å². The van der Waals surface area contributed by atoms with E-state index < -0.39 is 28.5 Å². The fourth-order valence-electron chi connectivity index (χ4n) is 4.13. The molecule has 2 amide bonds. The summed E-state index contributed by atoms with van der Waals surface area (Å²) in [5.74, 6) is -0.824. The third-order valence-corrected chi connectivity index (χ3v) is 8.20. The lowest BCUT2D eigenvalue weighted by Gasteiger charge is -2.32. The van der Waals surface area contributed by atoms with E-state index >= 15 is 0 Å². The van der Waals surface area contributed by atoms with Crippen molar-refractivity contribution in [3.63, 3.8) is 0 Å². The average molecular weight is 556 g/mol. The van der Waals surface area contributed by atoms with Crippen LogP contribution < -0.4 is 9.62 Å². The third kappa shape index (κ3) is 7.14. The van der Waals surface area contributed by atoms with Crippen LogP contribution in [-0.4, -0.2) is 44.3 Å². The maximum absolute atomic E-state index is 13.9. The minimum Gasteiger partial charge on any atom is -0.354 e. The summed E-state index contributed by atoms with van der Waals surface area (Å²) in [5, 5.41) is 3.33. The lowest BCUT2D eigenvalue weighted by atomic mass is 10.1. The number of aryl methyl sites for hydroxylation is 2. The normalized spacial score (nSPS) is 12.0. The van der Waals surface area contributed by atoms with E-state index in [0.29, 0.717) is 22.8 Å². The van der Waals surface area contributed by atoms with Gasteiger partial charge in [-0.05, 0) is 68.7 Å². The van der Waals surface area contributed by atoms with Crippen LogP contribution in [0.1, 0.15) is 37.0 Å². The number of amides is 2. The molecule has 9 heteroatoms. The van der Waals surface area contributed by atoms with Gasteiger partial charge in [-0.25, -0.2) is 8.42 Å². The van der Waals surface area contributed by atoms with Gasteiger partial charge in [-0.15, -0.1) is 0 Å². The van der Waals surface area contributed by atoms with E-state index in [1.165, 1.54) is 17.0 Å². The van der Waals surface area contributed by atoms with E-state index in [0.717, 1.165) is 21.9 Å². The summed E-state index contributed by atoms with van der Waals surface area (Å²) in [6, 6.07) is 19.6. The van der Waals surface area contributed by atoms with Crippen molar-refractivity contribution >= 4 is 39.1 Å². The molecule has 0 aromatic heterocycles. The number of rotatable bonds is 11. The number of nitrogens with zero attached hydrogens (tertiary/aromatic N) is 2. The van der Waals surface area contributed by atoms with Gasteiger partial charge < -0.3 is 10.2 Å². The Labute approximate surface area is 230 Å². The van der Waals surface area contributed by atoms with Crippen molar-refractivity contribution < 1.29 is 18.0 Å². The van der Waals surface area contributed by atoms with Crippen LogP contribution >= 0.6 is 11.6 Å². The first-order chi connectivity index (χ1) is 18.0. The molecule has 3 aromatic rings. The molecule has 0 bridgehead atoms. The van der Waals surface area contributed by atoms with Crippen molar-refractivity contribution in [1.29, 1.82) is 0 Å². The standard InChI is InChI=1S/C29H34ClN3O4S/c1-5-16-31-29(35)23(4)32(19-24-10-9-11-25(30)18-24)28(34)20-33(27-15-14-21(2)17-22(27)3)38(36,37)26-12-7-6-8-13-26/h6-15,17-18,23H,5,16,19-20H2,1-4H3,(H,31,35)/t23-/m0/s1. The molecule has 3 rings (SSSR count). The Balaban J connectivity index is 2.04. The van der Waals surface area contributed by atoms with Crippen LogP contribution in [0.15, 0.2) is 77.7 Å². The zero-order chi connectivity index (χ0) is 27.9. The first-order valence-corrected chi connectivity index (χ1v) is 14.3. The number of benzene rings is 3. The number of hydrogen-bond acceptors (Lipinski definition) is 4. The minimum absolute atomic E-state index is 0.0721. The summed E-state index contributed by atoms with van der Waals surface area (Å²) in [7, 11) is -4.09. The molecule has 0 saturated heterocycles. The Morgan fingerprint density at radius 3 is 2.32 bits per heavy atom. The summed E-state index contributed by atoms with van der Waals surface area (Å²) >= 11 is 6.17. The van der Waals surface area contributed by atoms with Gasteiger partial charge in [0, 0.05) is 18.1 Å². The number of carbonyl (C=O) groups is 2. The maximum atomic E-state index is 13.9. The summed E-state index contributed by atoms with van der Waals surface area (Å²) in [6.07, 6.45) is 0.747. The lowest BCUT2D eigenvalue weighted by molar-refractivity contribution is -0.139. The second-order valence-corrected chi connectivity index (χ2v) is 11.5. The van der Waals surface area contributed by atoms with Crippen LogP contribution in [0.4, 0.5) is 5.69 Å². The highest BCUT2D eigenvalue weighted by Crippen LogP contribution is 2.28. The molecule has 0 fully saturated rings. The fourth-order valence-corrected chi connectivity index (χ4v) is 5.84. The molecule has 0 aliphatic heterocycles. The van der Waals surface area contributed by atoms with Crippen LogP contribution in [0, 0.1) is 13.8 Å².